The summed E-state index contributed by atoms with van der Waals surface area (Å²) < 4.78 is 0. The van der Waals surface area contributed by atoms with Crippen LogP contribution in [0.25, 0.3) is 0 Å². The topological polar surface area (TPSA) is 81.0 Å². The van der Waals surface area contributed by atoms with Gasteiger partial charge in [0.25, 0.3) is 0 Å². The van der Waals surface area contributed by atoms with Crippen LogP contribution in [0.1, 0.15) is 0 Å². The fourth-order valence-corrected chi connectivity index (χ4v) is 0.827. The van der Waals surface area contributed by atoms with Crippen LogP contribution in [0.2, 0.25) is 0 Å². The zero-order chi connectivity index (χ0) is 9.84. The van der Waals surface area contributed by atoms with E-state index in [9.17, 15) is 4.79 Å². The second kappa shape index (κ2) is 3.88. The predicted molar refractivity (Wildman–Crippen MR) is 44.4 cm³/mol. The maximum atomic E-state index is 10.3. The minimum absolute atomic E-state index is 0.220. The van der Waals surface area contributed by atoms with Crippen molar-refractivity contribution in [2.75, 3.05) is 5.06 Å². The Bertz CT molecular complexity index is 287. The lowest BCUT2D eigenvalue weighted by molar-refractivity contribution is -0.149. The van der Waals surface area contributed by atoms with Crippen LogP contribution in [0.5, 0.6) is 0 Å². The van der Waals surface area contributed by atoms with E-state index in [0.29, 0.717) is 0 Å². The van der Waals surface area contributed by atoms with Gasteiger partial charge in [-0.2, -0.15) is 0 Å². The van der Waals surface area contributed by atoms with Gasteiger partial charge in [-0.05, 0) is 12.1 Å². The largest absolute Gasteiger partial charge is 0.478 e. The molecule has 1 aromatic rings. The summed E-state index contributed by atoms with van der Waals surface area (Å²) in [4.78, 5) is 10.3. The first kappa shape index (κ1) is 9.50. The number of nitrogens with zero attached hydrogens (tertiary/aromatic N) is 1. The highest BCUT2D eigenvalue weighted by Crippen LogP contribution is 2.12. The summed E-state index contributed by atoms with van der Waals surface area (Å²) >= 11 is 0. The molecule has 1 atom stereocenters. The second-order valence-electron chi connectivity index (χ2n) is 2.39. The third kappa shape index (κ3) is 2.17. The smallest absolute Gasteiger partial charge is 0.356 e. The monoisotopic (exact) mass is 183 g/mol. The van der Waals surface area contributed by atoms with Gasteiger partial charge in [0, 0.05) is 0 Å². The number of anilines is 1. The average molecular weight is 183 g/mol. The molecule has 0 radical (unpaired) electrons. The zero-order valence-electron chi connectivity index (χ0n) is 6.66. The summed E-state index contributed by atoms with van der Waals surface area (Å²) in [7, 11) is 0. The second-order valence-corrected chi connectivity index (χ2v) is 2.39. The number of hydrogen-bond donors (Lipinski definition) is 3. The van der Waals surface area contributed by atoms with Gasteiger partial charge in [0.1, 0.15) is 0 Å². The van der Waals surface area contributed by atoms with Crippen molar-refractivity contribution in [2.24, 2.45) is 0 Å². The number of benzene rings is 1. The number of aliphatic hydroxyl groups is 1. The Labute approximate surface area is 74.4 Å². The van der Waals surface area contributed by atoms with Crippen LogP contribution in [0.3, 0.4) is 0 Å². The molecule has 0 bridgehead atoms. The van der Waals surface area contributed by atoms with E-state index in [0.717, 1.165) is 0 Å². The molecule has 70 valence electrons. The van der Waals surface area contributed by atoms with Crippen molar-refractivity contribution in [2.45, 2.75) is 6.23 Å². The van der Waals surface area contributed by atoms with Gasteiger partial charge >= 0.3 is 5.97 Å². The molecule has 13 heavy (non-hydrogen) atoms. The highest BCUT2D eigenvalue weighted by molar-refractivity contribution is 5.75. The van der Waals surface area contributed by atoms with Crippen LogP contribution in [0, 0.1) is 0 Å². The lowest BCUT2D eigenvalue weighted by atomic mass is 10.3. The number of aliphatic carboxylic acids is 1. The van der Waals surface area contributed by atoms with Crippen molar-refractivity contribution in [3.63, 3.8) is 0 Å². The molecule has 0 aliphatic rings. The van der Waals surface area contributed by atoms with E-state index in [1.807, 2.05) is 0 Å². The molecule has 0 aliphatic carbocycles. The molecule has 0 aromatic heterocycles. The van der Waals surface area contributed by atoms with Gasteiger partial charge in [0.15, 0.2) is 0 Å². The molecule has 1 rings (SSSR count). The maximum Gasteiger partial charge on any atom is 0.356 e. The molecule has 0 fully saturated rings. The summed E-state index contributed by atoms with van der Waals surface area (Å²) in [5, 5.41) is 26.7. The van der Waals surface area contributed by atoms with Crippen LogP contribution in [-0.4, -0.2) is 27.6 Å². The van der Waals surface area contributed by atoms with Crippen LogP contribution >= 0.6 is 0 Å². The third-order valence-corrected chi connectivity index (χ3v) is 1.47. The van der Waals surface area contributed by atoms with Gasteiger partial charge in [-0.25, -0.2) is 9.86 Å². The predicted octanol–water partition coefficient (Wildman–Crippen LogP) is 0.285. The van der Waals surface area contributed by atoms with Crippen molar-refractivity contribution in [3.05, 3.63) is 30.3 Å². The van der Waals surface area contributed by atoms with Gasteiger partial charge in [-0.1, -0.05) is 18.2 Å². The molecule has 0 heterocycles. The lowest BCUT2D eigenvalue weighted by Gasteiger charge is -2.19. The summed E-state index contributed by atoms with van der Waals surface area (Å²) in [5.74, 6) is -1.51. The number of rotatable bonds is 3. The molecule has 0 amide bonds. The van der Waals surface area contributed by atoms with Crippen LogP contribution < -0.4 is 5.06 Å². The number of carboxylic acid groups (broad SMARTS) is 1. The van der Waals surface area contributed by atoms with Crippen LogP contribution in [0.4, 0.5) is 5.69 Å². The van der Waals surface area contributed by atoms with Crippen molar-refractivity contribution in [1.82, 2.24) is 0 Å². The van der Waals surface area contributed by atoms with E-state index in [1.54, 1.807) is 18.2 Å². The summed E-state index contributed by atoms with van der Waals surface area (Å²) in [6.45, 7) is 0. The number of carboxylic acids is 1. The number of hydroxylamine groups is 1. The number of hydrogen-bond acceptors (Lipinski definition) is 4. The third-order valence-electron chi connectivity index (χ3n) is 1.47. The van der Waals surface area contributed by atoms with Gasteiger partial charge in [-0.15, -0.1) is 0 Å². The zero-order valence-corrected chi connectivity index (χ0v) is 6.66. The Morgan fingerprint density at radius 3 is 2.31 bits per heavy atom. The summed E-state index contributed by atoms with van der Waals surface area (Å²) in [5.41, 5.74) is 0.220. The number of para-hydroxylation sites is 1. The van der Waals surface area contributed by atoms with Crippen molar-refractivity contribution in [3.8, 4) is 0 Å². The van der Waals surface area contributed by atoms with E-state index in [-0.39, 0.29) is 10.8 Å². The van der Waals surface area contributed by atoms with E-state index >= 15 is 0 Å². The first-order valence-corrected chi connectivity index (χ1v) is 3.57. The van der Waals surface area contributed by atoms with Gasteiger partial charge in [0.2, 0.25) is 6.23 Å². The van der Waals surface area contributed by atoms with E-state index in [1.165, 1.54) is 12.1 Å². The van der Waals surface area contributed by atoms with Crippen molar-refractivity contribution < 1.29 is 20.2 Å². The van der Waals surface area contributed by atoms with Gasteiger partial charge in [-0.3, -0.25) is 5.21 Å². The Kier molecular flexibility index (Phi) is 2.84. The molecule has 5 heteroatoms. The van der Waals surface area contributed by atoms with Crippen molar-refractivity contribution >= 4 is 11.7 Å². The van der Waals surface area contributed by atoms with Crippen molar-refractivity contribution in [1.29, 1.82) is 0 Å². The molecule has 5 nitrogen and oxygen atoms in total. The number of aliphatic hydroxyl groups excluding tert-OH is 1. The molecule has 1 aromatic carbocycles. The highest BCUT2D eigenvalue weighted by atomic mass is 16.5. The minimum atomic E-state index is -1.94. The first-order valence-electron chi connectivity index (χ1n) is 3.57. The fraction of sp³-hybridized carbons (Fsp3) is 0.125. The fourth-order valence-electron chi connectivity index (χ4n) is 0.827. The highest BCUT2D eigenvalue weighted by Gasteiger charge is 2.20. The average Bonchev–Trinajstić information content (AvgIpc) is 2.17. The van der Waals surface area contributed by atoms with E-state index < -0.39 is 12.2 Å². The first-order chi connectivity index (χ1) is 6.13. The normalized spacial score (nSPS) is 12.2. The Morgan fingerprint density at radius 2 is 1.85 bits per heavy atom. The molecule has 0 unspecified atom stereocenters. The van der Waals surface area contributed by atoms with E-state index in [2.05, 4.69) is 0 Å². The molecular formula is C8H9NO4. The minimum Gasteiger partial charge on any atom is -0.478 e. The Balaban J connectivity index is 2.79. The molecule has 0 saturated heterocycles. The van der Waals surface area contributed by atoms with Gasteiger partial charge < -0.3 is 10.2 Å². The maximum absolute atomic E-state index is 10.3. The van der Waals surface area contributed by atoms with Crippen LogP contribution in [0.15, 0.2) is 30.3 Å². The SMILES string of the molecule is O=C(O)[C@H](O)N(O)c1ccccc1. The molecular weight excluding hydrogens is 174 g/mol. The molecule has 0 aliphatic heterocycles. The Morgan fingerprint density at radius 1 is 1.31 bits per heavy atom. The lowest BCUT2D eigenvalue weighted by Crippen LogP contribution is -2.38. The quantitative estimate of drug-likeness (QED) is 0.463. The summed E-state index contributed by atoms with van der Waals surface area (Å²) in [6, 6.07) is 7.91. The van der Waals surface area contributed by atoms with E-state index in [4.69, 9.17) is 15.4 Å². The Hall–Kier alpha value is -1.59. The summed E-state index contributed by atoms with van der Waals surface area (Å²) in [6.07, 6.45) is -1.94. The number of carbonyl (C=O) groups is 1. The molecule has 0 saturated carbocycles. The molecule has 3 N–H and O–H groups in total. The standard InChI is InChI=1S/C8H9NO4/c10-7(8(11)12)9(13)6-4-2-1-3-5-6/h1-5,7,10,13H,(H,11,12)/t7-/m0/s1. The van der Waals surface area contributed by atoms with Crippen LogP contribution in [-0.2, 0) is 4.79 Å². The van der Waals surface area contributed by atoms with Gasteiger partial charge in [0.05, 0.1) is 5.69 Å². The molecule has 0 spiro atoms.